The van der Waals surface area contributed by atoms with E-state index in [1.165, 1.54) is 0 Å². The highest BCUT2D eigenvalue weighted by Crippen LogP contribution is 2.40. The number of hydrogen-bond acceptors (Lipinski definition) is 7. The summed E-state index contributed by atoms with van der Waals surface area (Å²) in [5, 5.41) is 2.83. The standard InChI is InChI=1S/C23H34FN3O5/c1-5-23(6-2,22(29)31-7-3)26-20(28)18-8-9-19(27-12-17(13-27)30-4)21(25-18)32-14-16-10-15(16)11-24/h8-9,15-17H,5-7,10-14H2,1-4H3,(H,26,28)/t15?,16-/m0/s1. The number of aromatic nitrogens is 1. The number of hydrogen-bond donors (Lipinski definition) is 1. The highest BCUT2D eigenvalue weighted by molar-refractivity contribution is 5.97. The molecular weight excluding hydrogens is 417 g/mol. The summed E-state index contributed by atoms with van der Waals surface area (Å²) in [5.41, 5.74) is -0.184. The maximum atomic E-state index is 13.0. The van der Waals surface area contributed by atoms with E-state index in [1.807, 2.05) is 13.8 Å². The van der Waals surface area contributed by atoms with Crippen LogP contribution in [0.4, 0.5) is 10.1 Å². The Bertz CT molecular complexity index is 811. The van der Waals surface area contributed by atoms with Crippen LogP contribution in [0.2, 0.25) is 0 Å². The van der Waals surface area contributed by atoms with Gasteiger partial charge in [-0.1, -0.05) is 13.8 Å². The first-order chi connectivity index (χ1) is 15.4. The lowest BCUT2D eigenvalue weighted by atomic mass is 9.92. The summed E-state index contributed by atoms with van der Waals surface area (Å²) in [6, 6.07) is 3.42. The second kappa shape index (κ2) is 10.5. The molecule has 2 heterocycles. The third-order valence-electron chi connectivity index (χ3n) is 6.52. The average Bonchev–Trinajstić information content (AvgIpc) is 3.54. The van der Waals surface area contributed by atoms with Gasteiger partial charge in [0.15, 0.2) is 0 Å². The Labute approximate surface area is 188 Å². The minimum Gasteiger partial charge on any atom is -0.476 e. The number of carbonyl (C=O) groups excluding carboxylic acids is 2. The van der Waals surface area contributed by atoms with Gasteiger partial charge in [-0.2, -0.15) is 0 Å². The molecular formula is C23H34FN3O5. The molecule has 1 unspecified atom stereocenters. The van der Waals surface area contributed by atoms with Gasteiger partial charge in [0.2, 0.25) is 5.88 Å². The van der Waals surface area contributed by atoms with Gasteiger partial charge in [-0.25, -0.2) is 9.78 Å². The van der Waals surface area contributed by atoms with Gasteiger partial charge in [-0.3, -0.25) is 9.18 Å². The summed E-state index contributed by atoms with van der Waals surface area (Å²) < 4.78 is 29.3. The van der Waals surface area contributed by atoms with E-state index >= 15 is 0 Å². The maximum absolute atomic E-state index is 13.0. The largest absolute Gasteiger partial charge is 0.476 e. The molecule has 0 radical (unpaired) electrons. The van der Waals surface area contributed by atoms with E-state index in [1.54, 1.807) is 26.2 Å². The number of nitrogens with zero attached hydrogens (tertiary/aromatic N) is 2. The summed E-state index contributed by atoms with van der Waals surface area (Å²) >= 11 is 0. The fraction of sp³-hybridized carbons (Fsp3) is 0.696. The second-order valence-corrected chi connectivity index (χ2v) is 8.47. The second-order valence-electron chi connectivity index (χ2n) is 8.47. The smallest absolute Gasteiger partial charge is 0.331 e. The number of methoxy groups -OCH3 is 1. The van der Waals surface area contributed by atoms with E-state index < -0.39 is 17.4 Å². The van der Waals surface area contributed by atoms with Gasteiger partial charge >= 0.3 is 5.97 Å². The van der Waals surface area contributed by atoms with Crippen LogP contribution in [0.1, 0.15) is 50.5 Å². The highest BCUT2D eigenvalue weighted by atomic mass is 19.1. The number of halogens is 1. The molecule has 2 fully saturated rings. The molecule has 1 aliphatic carbocycles. The third-order valence-corrected chi connectivity index (χ3v) is 6.52. The van der Waals surface area contributed by atoms with Crippen molar-refractivity contribution in [1.29, 1.82) is 0 Å². The van der Waals surface area contributed by atoms with E-state index in [0.29, 0.717) is 38.4 Å². The van der Waals surface area contributed by atoms with Gasteiger partial charge in [0, 0.05) is 20.2 Å². The molecule has 1 N–H and O–H groups in total. The number of esters is 1. The van der Waals surface area contributed by atoms with Crippen LogP contribution in [0.3, 0.4) is 0 Å². The number of nitrogens with one attached hydrogen (secondary N) is 1. The molecule has 178 valence electrons. The first-order valence-electron chi connectivity index (χ1n) is 11.4. The molecule has 2 atom stereocenters. The summed E-state index contributed by atoms with van der Waals surface area (Å²) in [6.07, 6.45) is 1.74. The predicted molar refractivity (Wildman–Crippen MR) is 118 cm³/mol. The Kier molecular flexibility index (Phi) is 7.92. The van der Waals surface area contributed by atoms with E-state index in [9.17, 15) is 14.0 Å². The molecule has 0 bridgehead atoms. The minimum absolute atomic E-state index is 0.0473. The Morgan fingerprint density at radius 1 is 1.22 bits per heavy atom. The van der Waals surface area contributed by atoms with Crippen LogP contribution in [0.5, 0.6) is 5.88 Å². The first-order valence-corrected chi connectivity index (χ1v) is 11.4. The molecule has 2 aliphatic rings. The summed E-state index contributed by atoms with van der Waals surface area (Å²) in [4.78, 5) is 32.1. The van der Waals surface area contributed by atoms with Crippen LogP contribution in [0.25, 0.3) is 0 Å². The van der Waals surface area contributed by atoms with Crippen molar-refractivity contribution in [2.45, 2.75) is 51.7 Å². The molecule has 1 aromatic rings. The minimum atomic E-state index is -1.11. The van der Waals surface area contributed by atoms with Gasteiger partial charge < -0.3 is 24.4 Å². The number of ether oxygens (including phenoxy) is 3. The molecule has 1 aromatic heterocycles. The van der Waals surface area contributed by atoms with Crippen molar-refractivity contribution in [3.63, 3.8) is 0 Å². The zero-order chi connectivity index (χ0) is 23.3. The Hall–Kier alpha value is -2.42. The fourth-order valence-electron chi connectivity index (χ4n) is 3.90. The Morgan fingerprint density at radius 2 is 1.94 bits per heavy atom. The lowest BCUT2D eigenvalue weighted by molar-refractivity contribution is -0.151. The molecule has 3 rings (SSSR count). The number of anilines is 1. The van der Waals surface area contributed by atoms with E-state index in [-0.39, 0.29) is 36.9 Å². The van der Waals surface area contributed by atoms with Gasteiger partial charge in [-0.15, -0.1) is 0 Å². The molecule has 0 aromatic carbocycles. The van der Waals surface area contributed by atoms with Crippen LogP contribution in [0, 0.1) is 11.8 Å². The van der Waals surface area contributed by atoms with Crippen molar-refractivity contribution >= 4 is 17.6 Å². The SMILES string of the molecule is CCOC(=O)C(CC)(CC)NC(=O)c1ccc(N2CC(OC)C2)c(OC[C@@H]2CC2CF)n1. The first kappa shape index (κ1) is 24.2. The van der Waals surface area contributed by atoms with Gasteiger partial charge in [0.1, 0.15) is 16.9 Å². The molecule has 8 nitrogen and oxygen atoms in total. The van der Waals surface area contributed by atoms with E-state index in [0.717, 1.165) is 12.1 Å². The summed E-state index contributed by atoms with van der Waals surface area (Å²) in [5.74, 6) is -0.363. The van der Waals surface area contributed by atoms with Gasteiger partial charge in [0.25, 0.3) is 5.91 Å². The average molecular weight is 452 g/mol. The van der Waals surface area contributed by atoms with Crippen molar-refractivity contribution < 1.29 is 28.2 Å². The third kappa shape index (κ3) is 5.14. The lowest BCUT2D eigenvalue weighted by Crippen LogP contribution is -2.54. The van der Waals surface area contributed by atoms with Crippen molar-refractivity contribution in [3.8, 4) is 5.88 Å². The Balaban J connectivity index is 1.78. The van der Waals surface area contributed by atoms with Crippen molar-refractivity contribution in [3.05, 3.63) is 17.8 Å². The van der Waals surface area contributed by atoms with Crippen LogP contribution in [-0.4, -0.2) is 68.6 Å². The van der Waals surface area contributed by atoms with Crippen molar-refractivity contribution in [1.82, 2.24) is 10.3 Å². The van der Waals surface area contributed by atoms with E-state index in [2.05, 4.69) is 15.2 Å². The van der Waals surface area contributed by atoms with Crippen LogP contribution >= 0.6 is 0 Å². The summed E-state index contributed by atoms with van der Waals surface area (Å²) in [6.45, 7) is 7.05. The number of carbonyl (C=O) groups is 2. The normalized spacial score (nSPS) is 20.5. The van der Waals surface area contributed by atoms with Crippen LogP contribution in [-0.2, 0) is 14.3 Å². The summed E-state index contributed by atoms with van der Waals surface area (Å²) in [7, 11) is 1.67. The number of alkyl halides is 1. The Morgan fingerprint density at radius 3 is 2.50 bits per heavy atom. The van der Waals surface area contributed by atoms with Crippen LogP contribution < -0.4 is 15.0 Å². The van der Waals surface area contributed by atoms with Crippen molar-refractivity contribution in [2.24, 2.45) is 11.8 Å². The van der Waals surface area contributed by atoms with Gasteiger partial charge in [-0.05, 0) is 50.2 Å². The van der Waals surface area contributed by atoms with Gasteiger partial charge in [0.05, 0.1) is 26.0 Å². The molecule has 1 saturated heterocycles. The number of amides is 1. The number of rotatable bonds is 12. The molecule has 32 heavy (non-hydrogen) atoms. The number of pyridine rings is 1. The molecule has 1 amide bonds. The topological polar surface area (TPSA) is 90.0 Å². The highest BCUT2D eigenvalue weighted by Gasteiger charge is 2.40. The van der Waals surface area contributed by atoms with E-state index in [4.69, 9.17) is 14.2 Å². The molecule has 1 aliphatic heterocycles. The van der Waals surface area contributed by atoms with Crippen LogP contribution in [0.15, 0.2) is 12.1 Å². The zero-order valence-corrected chi connectivity index (χ0v) is 19.4. The molecule has 9 heteroatoms. The molecule has 0 spiro atoms. The monoisotopic (exact) mass is 451 g/mol. The fourth-order valence-corrected chi connectivity index (χ4v) is 3.90. The quantitative estimate of drug-likeness (QED) is 0.489. The predicted octanol–water partition coefficient (Wildman–Crippen LogP) is 2.75. The molecule has 1 saturated carbocycles. The zero-order valence-electron chi connectivity index (χ0n) is 19.4. The lowest BCUT2D eigenvalue weighted by Gasteiger charge is -2.40. The van der Waals surface area contributed by atoms with Crippen molar-refractivity contribution in [2.75, 3.05) is 45.0 Å². The maximum Gasteiger partial charge on any atom is 0.331 e.